The number of hydrogen-bond acceptors (Lipinski definition) is 4. The maximum absolute atomic E-state index is 8.73. The van der Waals surface area contributed by atoms with Gasteiger partial charge in [-0.2, -0.15) is 0 Å². The molecule has 0 bridgehead atoms. The summed E-state index contributed by atoms with van der Waals surface area (Å²) in [5.74, 6) is 0. The van der Waals surface area contributed by atoms with Crippen molar-refractivity contribution in [2.24, 2.45) is 5.16 Å². The Kier molecular flexibility index (Phi) is 7.39. The Bertz CT molecular complexity index is 271. The number of ether oxygens (including phenoxy) is 1. The van der Waals surface area contributed by atoms with Crippen molar-refractivity contribution in [3.05, 3.63) is 0 Å². The van der Waals surface area contributed by atoms with Crippen LogP contribution >= 0.6 is 0 Å². The molecule has 1 saturated carbocycles. The van der Waals surface area contributed by atoms with Gasteiger partial charge in [0.05, 0.1) is 11.8 Å². The second-order valence-electron chi connectivity index (χ2n) is 6.18. The number of nitrogens with zero attached hydrogens (tertiary/aromatic N) is 1. The summed E-state index contributed by atoms with van der Waals surface area (Å²) in [7, 11) is 0. The molecule has 1 aliphatic carbocycles. The molecule has 19 heavy (non-hydrogen) atoms. The Balaban J connectivity index is 2.35. The van der Waals surface area contributed by atoms with Crippen LogP contribution in [-0.2, 0) is 9.57 Å². The van der Waals surface area contributed by atoms with Gasteiger partial charge in [0.25, 0.3) is 0 Å². The van der Waals surface area contributed by atoms with Gasteiger partial charge in [-0.15, -0.1) is 0 Å². The molecule has 1 N–H and O–H groups in total. The molecule has 0 radical (unpaired) electrons. The zero-order valence-corrected chi connectivity index (χ0v) is 12.7. The van der Waals surface area contributed by atoms with E-state index in [1.54, 1.807) is 0 Å². The third-order valence-corrected chi connectivity index (χ3v) is 3.08. The van der Waals surface area contributed by atoms with Gasteiger partial charge < -0.3 is 14.7 Å². The van der Waals surface area contributed by atoms with E-state index < -0.39 is 0 Å². The van der Waals surface area contributed by atoms with Gasteiger partial charge in [-0.3, -0.25) is 0 Å². The van der Waals surface area contributed by atoms with Crippen LogP contribution in [-0.4, -0.2) is 35.7 Å². The summed E-state index contributed by atoms with van der Waals surface area (Å²) in [6.45, 7) is 7.04. The van der Waals surface area contributed by atoms with Gasteiger partial charge >= 0.3 is 0 Å². The average molecular weight is 271 g/mol. The van der Waals surface area contributed by atoms with Crippen LogP contribution in [0, 0.1) is 0 Å². The molecule has 112 valence electrons. The molecule has 0 aromatic heterocycles. The molecule has 1 unspecified atom stereocenters. The van der Waals surface area contributed by atoms with Crippen molar-refractivity contribution in [3.8, 4) is 0 Å². The smallest absolute Gasteiger partial charge is 0.129 e. The van der Waals surface area contributed by atoms with Gasteiger partial charge in [0.15, 0.2) is 0 Å². The van der Waals surface area contributed by atoms with Crippen LogP contribution in [0.15, 0.2) is 5.16 Å². The van der Waals surface area contributed by atoms with Crippen molar-refractivity contribution in [1.29, 1.82) is 0 Å². The quantitative estimate of drug-likeness (QED) is 0.571. The third kappa shape index (κ3) is 7.53. The fraction of sp³-hybridized carbons (Fsp3) is 0.933. The highest BCUT2D eigenvalue weighted by Crippen LogP contribution is 2.20. The molecule has 1 fully saturated rings. The van der Waals surface area contributed by atoms with Crippen LogP contribution in [0.1, 0.15) is 65.7 Å². The summed E-state index contributed by atoms with van der Waals surface area (Å²) in [5.41, 5.74) is 0.819. The average Bonchev–Trinajstić information content (AvgIpc) is 2.36. The van der Waals surface area contributed by atoms with Gasteiger partial charge in [-0.25, -0.2) is 0 Å². The molecule has 0 heterocycles. The summed E-state index contributed by atoms with van der Waals surface area (Å²) >= 11 is 0. The zero-order valence-electron chi connectivity index (χ0n) is 12.7. The number of aliphatic hydroxyl groups is 1. The lowest BCUT2D eigenvalue weighted by atomic mass is 9.95. The maximum atomic E-state index is 8.73. The Morgan fingerprint density at radius 2 is 2.00 bits per heavy atom. The van der Waals surface area contributed by atoms with E-state index in [1.165, 1.54) is 12.8 Å². The second kappa shape index (κ2) is 8.54. The first-order valence-corrected chi connectivity index (χ1v) is 7.50. The van der Waals surface area contributed by atoms with Crippen molar-refractivity contribution in [2.75, 3.05) is 13.2 Å². The monoisotopic (exact) mass is 271 g/mol. The van der Waals surface area contributed by atoms with Gasteiger partial charge in [0.2, 0.25) is 0 Å². The fourth-order valence-corrected chi connectivity index (χ4v) is 2.06. The molecular formula is C15H29NO3. The van der Waals surface area contributed by atoms with E-state index >= 15 is 0 Å². The van der Waals surface area contributed by atoms with Gasteiger partial charge in [0.1, 0.15) is 5.60 Å². The Morgan fingerprint density at radius 3 is 2.68 bits per heavy atom. The van der Waals surface area contributed by atoms with Crippen molar-refractivity contribution < 1.29 is 14.7 Å². The molecule has 0 aliphatic heterocycles. The van der Waals surface area contributed by atoms with Crippen LogP contribution in [0.5, 0.6) is 0 Å². The summed E-state index contributed by atoms with van der Waals surface area (Å²) in [6, 6.07) is 0. The van der Waals surface area contributed by atoms with Crippen LogP contribution < -0.4 is 0 Å². The molecule has 0 spiro atoms. The van der Waals surface area contributed by atoms with Crippen molar-refractivity contribution in [1.82, 2.24) is 0 Å². The van der Waals surface area contributed by atoms with Crippen LogP contribution in [0.3, 0.4) is 0 Å². The standard InChI is InChI=1S/C15H29NO3/c1-15(2,3)19-16-13-9-5-6-10-14(13)18-12-8-4-7-11-17/h14,17H,4-12H2,1-3H3/b16-13+. The highest BCUT2D eigenvalue weighted by Gasteiger charge is 2.22. The lowest BCUT2D eigenvalue weighted by Gasteiger charge is -2.25. The molecule has 0 amide bonds. The number of unbranched alkanes of at least 4 members (excludes halogenated alkanes) is 2. The fourth-order valence-electron chi connectivity index (χ4n) is 2.06. The van der Waals surface area contributed by atoms with E-state index in [4.69, 9.17) is 14.7 Å². The largest absolute Gasteiger partial charge is 0.396 e. The summed E-state index contributed by atoms with van der Waals surface area (Å²) in [5, 5.41) is 13.0. The van der Waals surface area contributed by atoms with Crippen LogP contribution in [0.2, 0.25) is 0 Å². The Morgan fingerprint density at radius 1 is 1.21 bits per heavy atom. The molecule has 1 aliphatic rings. The molecule has 4 heteroatoms. The van der Waals surface area contributed by atoms with E-state index in [-0.39, 0.29) is 18.3 Å². The molecule has 4 nitrogen and oxygen atoms in total. The zero-order chi connectivity index (χ0) is 14.1. The lowest BCUT2D eigenvalue weighted by molar-refractivity contribution is -0.00451. The lowest BCUT2D eigenvalue weighted by Crippen LogP contribution is -2.30. The predicted molar refractivity (Wildman–Crippen MR) is 77.4 cm³/mol. The molecule has 0 aromatic carbocycles. The Hall–Kier alpha value is -0.610. The molecule has 1 atom stereocenters. The summed E-state index contributed by atoms with van der Waals surface area (Å²) < 4.78 is 5.91. The number of aliphatic hydroxyl groups excluding tert-OH is 1. The first-order valence-electron chi connectivity index (χ1n) is 7.50. The Labute approximate surface area is 117 Å². The van der Waals surface area contributed by atoms with Crippen molar-refractivity contribution in [3.63, 3.8) is 0 Å². The van der Waals surface area contributed by atoms with Crippen molar-refractivity contribution in [2.45, 2.75) is 77.4 Å². The molecule has 1 rings (SSSR count). The highest BCUT2D eigenvalue weighted by atomic mass is 16.6. The van der Waals surface area contributed by atoms with E-state index in [0.717, 1.165) is 44.4 Å². The molecular weight excluding hydrogens is 242 g/mol. The van der Waals surface area contributed by atoms with E-state index in [9.17, 15) is 0 Å². The first kappa shape index (κ1) is 16.4. The van der Waals surface area contributed by atoms with Crippen LogP contribution in [0.4, 0.5) is 0 Å². The summed E-state index contributed by atoms with van der Waals surface area (Å²) in [4.78, 5) is 5.52. The van der Waals surface area contributed by atoms with E-state index in [0.29, 0.717) is 0 Å². The van der Waals surface area contributed by atoms with Gasteiger partial charge in [-0.1, -0.05) is 11.6 Å². The SMILES string of the molecule is CC(C)(C)O/N=C1\CCCCC1OCCCCCO. The first-order chi connectivity index (χ1) is 9.03. The van der Waals surface area contributed by atoms with Crippen molar-refractivity contribution >= 4 is 5.71 Å². The number of oxime groups is 1. The minimum Gasteiger partial charge on any atom is -0.396 e. The van der Waals surface area contributed by atoms with E-state index in [2.05, 4.69) is 5.16 Å². The van der Waals surface area contributed by atoms with Crippen LogP contribution in [0.25, 0.3) is 0 Å². The van der Waals surface area contributed by atoms with Gasteiger partial charge in [0, 0.05) is 13.2 Å². The third-order valence-electron chi connectivity index (χ3n) is 3.08. The molecule has 0 aromatic rings. The maximum Gasteiger partial charge on any atom is 0.129 e. The molecule has 0 saturated heterocycles. The predicted octanol–water partition coefficient (Wildman–Crippen LogP) is 3.28. The minimum atomic E-state index is -0.240. The minimum absolute atomic E-state index is 0.130. The second-order valence-corrected chi connectivity index (χ2v) is 6.18. The highest BCUT2D eigenvalue weighted by molar-refractivity contribution is 5.88. The van der Waals surface area contributed by atoms with Gasteiger partial charge in [-0.05, 0) is 59.3 Å². The number of rotatable bonds is 7. The normalized spacial score (nSPS) is 22.7. The topological polar surface area (TPSA) is 51.0 Å². The summed E-state index contributed by atoms with van der Waals surface area (Å²) in [6.07, 6.45) is 7.43. The van der Waals surface area contributed by atoms with E-state index in [1.807, 2.05) is 20.8 Å². The number of hydrogen-bond donors (Lipinski definition) is 1.